The molecule has 3 rings (SSSR count). The summed E-state index contributed by atoms with van der Waals surface area (Å²) in [5.41, 5.74) is 0. The highest BCUT2D eigenvalue weighted by atomic mass is 16.6. The lowest BCUT2D eigenvalue weighted by atomic mass is 10.3. The van der Waals surface area contributed by atoms with E-state index in [1.54, 1.807) is 7.11 Å². The molecule has 2 aromatic carbocycles. The van der Waals surface area contributed by atoms with E-state index >= 15 is 0 Å². The standard InChI is InChI=1S/C10H12O.C7H8O.C2H4O/c1-2-3-9-11-10-7-5-4-6-8-10;1-8-7-5-3-2-4-6-7;1-2-3-1/h2,4-8H,1,3,9H2;2-6H,1H3;1-2H2. The molecule has 0 radical (unpaired) electrons. The molecule has 0 aliphatic carbocycles. The minimum Gasteiger partial charge on any atom is -0.497 e. The van der Waals surface area contributed by atoms with Crippen molar-refractivity contribution in [2.75, 3.05) is 26.9 Å². The van der Waals surface area contributed by atoms with Gasteiger partial charge < -0.3 is 14.2 Å². The number of benzene rings is 2. The highest BCUT2D eigenvalue weighted by Gasteiger charge is 1.94. The minimum atomic E-state index is 0.716. The molecule has 1 saturated heterocycles. The van der Waals surface area contributed by atoms with Gasteiger partial charge in [-0.25, -0.2) is 0 Å². The zero-order chi connectivity index (χ0) is 15.9. The van der Waals surface area contributed by atoms with Crippen LogP contribution in [0.1, 0.15) is 6.42 Å². The van der Waals surface area contributed by atoms with Crippen molar-refractivity contribution in [3.8, 4) is 11.5 Å². The van der Waals surface area contributed by atoms with Crippen LogP contribution in [0.3, 0.4) is 0 Å². The maximum absolute atomic E-state index is 5.38. The van der Waals surface area contributed by atoms with Crippen LogP contribution in [0.5, 0.6) is 11.5 Å². The molecule has 1 fully saturated rings. The summed E-state index contributed by atoms with van der Waals surface area (Å²) >= 11 is 0. The molecular weight excluding hydrogens is 276 g/mol. The van der Waals surface area contributed by atoms with Crippen LogP contribution in [0, 0.1) is 0 Å². The highest BCUT2D eigenvalue weighted by Crippen LogP contribution is 2.08. The third-order valence-electron chi connectivity index (χ3n) is 2.52. The van der Waals surface area contributed by atoms with Crippen molar-refractivity contribution in [1.82, 2.24) is 0 Å². The Kier molecular flexibility index (Phi) is 10.1. The summed E-state index contributed by atoms with van der Waals surface area (Å²) in [7, 11) is 1.66. The van der Waals surface area contributed by atoms with E-state index in [0.29, 0.717) is 6.61 Å². The summed E-state index contributed by atoms with van der Waals surface area (Å²) in [6.07, 6.45) is 2.75. The molecule has 0 N–H and O–H groups in total. The van der Waals surface area contributed by atoms with Crippen molar-refractivity contribution in [3.63, 3.8) is 0 Å². The van der Waals surface area contributed by atoms with E-state index in [9.17, 15) is 0 Å². The quantitative estimate of drug-likeness (QED) is 0.467. The lowest BCUT2D eigenvalue weighted by Crippen LogP contribution is -1.94. The van der Waals surface area contributed by atoms with E-state index < -0.39 is 0 Å². The van der Waals surface area contributed by atoms with Crippen molar-refractivity contribution in [2.45, 2.75) is 6.42 Å². The van der Waals surface area contributed by atoms with Crippen LogP contribution in [0.15, 0.2) is 73.3 Å². The van der Waals surface area contributed by atoms with Crippen LogP contribution in [-0.2, 0) is 4.74 Å². The Balaban J connectivity index is 0.000000190. The maximum atomic E-state index is 5.38. The lowest BCUT2D eigenvalue weighted by molar-refractivity contribution is 0.325. The number of rotatable bonds is 5. The van der Waals surface area contributed by atoms with Crippen LogP contribution in [0.2, 0.25) is 0 Å². The fraction of sp³-hybridized carbons (Fsp3) is 0.263. The summed E-state index contributed by atoms with van der Waals surface area (Å²) in [5.74, 6) is 1.84. The molecule has 0 amide bonds. The normalized spacial score (nSPS) is 11.0. The SMILES string of the molecule is C1CO1.C=CCCOc1ccccc1.COc1ccccc1. The van der Waals surface area contributed by atoms with Gasteiger partial charge in [-0.05, 0) is 30.7 Å². The Morgan fingerprint density at radius 1 is 0.955 bits per heavy atom. The highest BCUT2D eigenvalue weighted by molar-refractivity contribution is 5.21. The van der Waals surface area contributed by atoms with E-state index in [4.69, 9.17) is 9.47 Å². The molecule has 0 spiro atoms. The Morgan fingerprint density at radius 3 is 1.82 bits per heavy atom. The molecule has 22 heavy (non-hydrogen) atoms. The van der Waals surface area contributed by atoms with E-state index in [1.807, 2.05) is 66.7 Å². The number of methoxy groups -OCH3 is 1. The summed E-state index contributed by atoms with van der Waals surface area (Å²) in [4.78, 5) is 0. The molecule has 0 bridgehead atoms. The molecular formula is C19H24O3. The molecule has 1 aliphatic rings. The van der Waals surface area contributed by atoms with Crippen LogP contribution < -0.4 is 9.47 Å². The third-order valence-corrected chi connectivity index (χ3v) is 2.52. The number of hydrogen-bond acceptors (Lipinski definition) is 3. The molecule has 0 unspecified atom stereocenters. The van der Waals surface area contributed by atoms with Gasteiger partial charge in [-0.3, -0.25) is 0 Å². The van der Waals surface area contributed by atoms with Gasteiger partial charge in [0.15, 0.2) is 0 Å². The van der Waals surface area contributed by atoms with E-state index in [0.717, 1.165) is 31.1 Å². The molecule has 2 aromatic rings. The molecule has 0 aromatic heterocycles. The van der Waals surface area contributed by atoms with Crippen molar-refractivity contribution in [3.05, 3.63) is 73.3 Å². The van der Waals surface area contributed by atoms with Gasteiger partial charge in [0.2, 0.25) is 0 Å². The topological polar surface area (TPSA) is 31.0 Å². The molecule has 1 aliphatic heterocycles. The second kappa shape index (κ2) is 12.5. The molecule has 3 nitrogen and oxygen atoms in total. The van der Waals surface area contributed by atoms with Crippen LogP contribution >= 0.6 is 0 Å². The van der Waals surface area contributed by atoms with Gasteiger partial charge in [-0.15, -0.1) is 6.58 Å². The van der Waals surface area contributed by atoms with Crippen LogP contribution in [-0.4, -0.2) is 26.9 Å². The number of ether oxygens (including phenoxy) is 3. The number of epoxide rings is 1. The van der Waals surface area contributed by atoms with Crippen molar-refractivity contribution >= 4 is 0 Å². The Bertz CT molecular complexity index is 478. The summed E-state index contributed by atoms with van der Waals surface area (Å²) in [6, 6.07) is 19.5. The smallest absolute Gasteiger partial charge is 0.119 e. The Labute approximate surface area is 133 Å². The predicted octanol–water partition coefficient (Wildman–Crippen LogP) is 4.35. The van der Waals surface area contributed by atoms with Crippen LogP contribution in [0.25, 0.3) is 0 Å². The molecule has 118 valence electrons. The molecule has 3 heteroatoms. The van der Waals surface area contributed by atoms with Gasteiger partial charge in [0.25, 0.3) is 0 Å². The fourth-order valence-electron chi connectivity index (χ4n) is 1.33. The monoisotopic (exact) mass is 300 g/mol. The zero-order valence-corrected chi connectivity index (χ0v) is 13.1. The van der Waals surface area contributed by atoms with Gasteiger partial charge in [0.1, 0.15) is 11.5 Å². The first kappa shape index (κ1) is 17.8. The van der Waals surface area contributed by atoms with E-state index in [1.165, 1.54) is 0 Å². The maximum Gasteiger partial charge on any atom is 0.119 e. The van der Waals surface area contributed by atoms with Gasteiger partial charge in [-0.1, -0.05) is 42.5 Å². The first-order valence-electron chi connectivity index (χ1n) is 7.32. The van der Waals surface area contributed by atoms with Gasteiger partial charge in [0, 0.05) is 0 Å². The first-order valence-corrected chi connectivity index (χ1v) is 7.32. The molecule has 0 atom stereocenters. The zero-order valence-electron chi connectivity index (χ0n) is 13.1. The second-order valence-corrected chi connectivity index (χ2v) is 4.37. The second-order valence-electron chi connectivity index (χ2n) is 4.37. The molecule has 1 heterocycles. The summed E-state index contributed by atoms with van der Waals surface area (Å²) < 4.78 is 14.8. The largest absolute Gasteiger partial charge is 0.497 e. The van der Waals surface area contributed by atoms with E-state index in [2.05, 4.69) is 11.3 Å². The Hall–Kier alpha value is -2.26. The van der Waals surface area contributed by atoms with Crippen molar-refractivity contribution < 1.29 is 14.2 Å². The Morgan fingerprint density at radius 2 is 1.45 bits per heavy atom. The summed E-state index contributed by atoms with van der Waals surface area (Å²) in [6.45, 7) is 6.33. The first-order chi connectivity index (χ1) is 10.9. The fourth-order valence-corrected chi connectivity index (χ4v) is 1.33. The van der Waals surface area contributed by atoms with Gasteiger partial charge in [-0.2, -0.15) is 0 Å². The van der Waals surface area contributed by atoms with Crippen LogP contribution in [0.4, 0.5) is 0 Å². The summed E-state index contributed by atoms with van der Waals surface area (Å²) in [5, 5.41) is 0. The average molecular weight is 300 g/mol. The third kappa shape index (κ3) is 10.5. The van der Waals surface area contributed by atoms with E-state index in [-0.39, 0.29) is 0 Å². The number of para-hydroxylation sites is 2. The lowest BCUT2D eigenvalue weighted by Gasteiger charge is -2.02. The van der Waals surface area contributed by atoms with Crippen molar-refractivity contribution in [1.29, 1.82) is 0 Å². The van der Waals surface area contributed by atoms with Crippen molar-refractivity contribution in [2.24, 2.45) is 0 Å². The molecule has 0 saturated carbocycles. The predicted molar refractivity (Wildman–Crippen MR) is 90.6 cm³/mol. The average Bonchev–Trinajstić information content (AvgIpc) is 3.46. The van der Waals surface area contributed by atoms with Gasteiger partial charge >= 0.3 is 0 Å². The minimum absolute atomic E-state index is 0.716. The van der Waals surface area contributed by atoms with Gasteiger partial charge in [0.05, 0.1) is 26.9 Å². The number of hydrogen-bond donors (Lipinski definition) is 0.